The van der Waals surface area contributed by atoms with Gasteiger partial charge in [-0.3, -0.25) is 9.48 Å². The smallest absolute Gasteiger partial charge is 0.494 e. The largest absolute Gasteiger partial charge is 0.496 e. The molecule has 12 heteroatoms. The number of ether oxygens (including phenoxy) is 2. The van der Waals surface area contributed by atoms with Crippen molar-refractivity contribution >= 4 is 29.4 Å². The number of alkyl halides is 2. The van der Waals surface area contributed by atoms with E-state index in [0.717, 1.165) is 0 Å². The number of rotatable bonds is 6. The number of benzene rings is 2. The van der Waals surface area contributed by atoms with Crippen molar-refractivity contribution in [3.8, 4) is 28.8 Å². The fourth-order valence-corrected chi connectivity index (χ4v) is 4.20. The topological polar surface area (TPSA) is 122 Å². The Kier molecular flexibility index (Phi) is 6.18. The average molecular weight is 498 g/mol. The Morgan fingerprint density at radius 1 is 1.17 bits per heavy atom. The Morgan fingerprint density at radius 2 is 1.78 bits per heavy atom. The molecule has 1 aliphatic heterocycles. The van der Waals surface area contributed by atoms with Crippen LogP contribution in [-0.2, 0) is 16.4 Å². The van der Waals surface area contributed by atoms with Crippen LogP contribution < -0.4 is 20.7 Å². The van der Waals surface area contributed by atoms with Crippen molar-refractivity contribution in [1.29, 1.82) is 5.26 Å². The fourth-order valence-electron chi connectivity index (χ4n) is 4.20. The van der Waals surface area contributed by atoms with Gasteiger partial charge in [0.2, 0.25) is 0 Å². The van der Waals surface area contributed by atoms with Crippen molar-refractivity contribution in [3.63, 3.8) is 0 Å². The van der Waals surface area contributed by atoms with Crippen LogP contribution in [0.5, 0.6) is 11.5 Å². The van der Waals surface area contributed by atoms with E-state index in [-0.39, 0.29) is 16.9 Å². The Morgan fingerprint density at radius 3 is 2.31 bits per heavy atom. The number of nitriles is 1. The van der Waals surface area contributed by atoms with E-state index in [0.29, 0.717) is 27.6 Å². The molecule has 1 fully saturated rings. The number of aromatic nitrogens is 2. The van der Waals surface area contributed by atoms with Crippen LogP contribution in [-0.4, -0.2) is 47.7 Å². The van der Waals surface area contributed by atoms with Gasteiger partial charge in [0, 0.05) is 18.0 Å². The molecule has 0 saturated carbocycles. The highest BCUT2D eigenvalue weighted by Gasteiger charge is 2.52. The quantitative estimate of drug-likeness (QED) is 0.519. The van der Waals surface area contributed by atoms with Gasteiger partial charge in [0.1, 0.15) is 17.1 Å². The fraction of sp³-hybridized carbons (Fsp3) is 0.375. The predicted octanol–water partition coefficient (Wildman–Crippen LogP) is 3.12. The summed E-state index contributed by atoms with van der Waals surface area (Å²) in [6.45, 7) is 4.51. The number of amides is 1. The first-order valence-corrected chi connectivity index (χ1v) is 11.0. The summed E-state index contributed by atoms with van der Waals surface area (Å²) in [5.74, 6) is -1.50. The Balaban J connectivity index is 1.92. The van der Waals surface area contributed by atoms with Gasteiger partial charge in [-0.25, -0.2) is 0 Å². The molecule has 0 unspecified atom stereocenters. The Labute approximate surface area is 206 Å². The molecule has 2 N–H and O–H groups in total. The number of carbonyl (C=O) groups excluding carboxylic acids is 1. The molecule has 1 saturated heterocycles. The molecule has 9 nitrogen and oxygen atoms in total. The lowest BCUT2D eigenvalue weighted by molar-refractivity contribution is -0.0502. The second-order valence-corrected chi connectivity index (χ2v) is 9.43. The van der Waals surface area contributed by atoms with Gasteiger partial charge in [0.15, 0.2) is 0 Å². The summed E-state index contributed by atoms with van der Waals surface area (Å²) in [7, 11) is 2.21. The first-order chi connectivity index (χ1) is 16.8. The van der Waals surface area contributed by atoms with E-state index in [1.807, 2.05) is 27.7 Å². The zero-order chi connectivity index (χ0) is 26.6. The van der Waals surface area contributed by atoms with Crippen LogP contribution in [0.15, 0.2) is 24.3 Å². The number of methoxy groups -OCH3 is 1. The van der Waals surface area contributed by atoms with Crippen molar-refractivity contribution in [2.45, 2.75) is 45.5 Å². The van der Waals surface area contributed by atoms with Gasteiger partial charge in [0.05, 0.1) is 41.2 Å². The summed E-state index contributed by atoms with van der Waals surface area (Å²) in [6, 6.07) is 8.30. The SMILES string of the molecule is COc1cc(-c2c3c(C#N)cc(B4OC(C)(C)C(C)(C)O4)cc3nn2C)cc(OC(F)F)c1C(N)=O. The van der Waals surface area contributed by atoms with Crippen LogP contribution in [0, 0.1) is 11.3 Å². The van der Waals surface area contributed by atoms with Gasteiger partial charge in [0.25, 0.3) is 5.91 Å². The first kappa shape index (κ1) is 25.4. The third kappa shape index (κ3) is 4.14. The summed E-state index contributed by atoms with van der Waals surface area (Å²) < 4.78 is 49.8. The van der Waals surface area contributed by atoms with Crippen molar-refractivity contribution in [2.24, 2.45) is 12.8 Å². The molecule has 1 amide bonds. The maximum Gasteiger partial charge on any atom is 0.494 e. The van der Waals surface area contributed by atoms with Crippen molar-refractivity contribution in [2.75, 3.05) is 7.11 Å². The van der Waals surface area contributed by atoms with E-state index >= 15 is 0 Å². The highest BCUT2D eigenvalue weighted by Crippen LogP contribution is 2.40. The molecule has 0 atom stereocenters. The minimum absolute atomic E-state index is 0.0580. The van der Waals surface area contributed by atoms with Crippen LogP contribution >= 0.6 is 0 Å². The first-order valence-electron chi connectivity index (χ1n) is 11.0. The molecule has 1 aliphatic rings. The highest BCUT2D eigenvalue weighted by atomic mass is 19.3. The summed E-state index contributed by atoms with van der Waals surface area (Å²) in [6.07, 6.45) is 0. The number of carbonyl (C=O) groups is 1. The predicted molar refractivity (Wildman–Crippen MR) is 128 cm³/mol. The van der Waals surface area contributed by atoms with Crippen LogP contribution in [0.3, 0.4) is 0 Å². The summed E-state index contributed by atoms with van der Waals surface area (Å²) in [5, 5.41) is 15.0. The number of halogens is 2. The molecule has 0 spiro atoms. The maximum absolute atomic E-state index is 13.1. The molecule has 0 radical (unpaired) electrons. The molecule has 36 heavy (non-hydrogen) atoms. The van der Waals surface area contributed by atoms with E-state index in [4.69, 9.17) is 19.8 Å². The maximum atomic E-state index is 13.1. The van der Waals surface area contributed by atoms with Crippen LogP contribution in [0.2, 0.25) is 0 Å². The van der Waals surface area contributed by atoms with Gasteiger partial charge in [-0.05, 0) is 57.4 Å². The van der Waals surface area contributed by atoms with Crippen molar-refractivity contribution in [3.05, 3.63) is 35.4 Å². The standard InChI is InChI=1S/C24H25BF2N4O5/c1-23(2)24(3,4)36-25(35-23)14-7-13(11-28)18-15(10-14)30-31(5)20(18)12-8-16(33-6)19(21(29)32)17(9-12)34-22(26)27/h7-10,22H,1-6H3,(H2,29,32). The minimum atomic E-state index is -3.21. The zero-order valence-corrected chi connectivity index (χ0v) is 20.7. The number of nitrogens with two attached hydrogens (primary N) is 1. The Hall–Kier alpha value is -3.69. The lowest BCUT2D eigenvalue weighted by Crippen LogP contribution is -2.41. The molecule has 0 aliphatic carbocycles. The third-order valence-electron chi connectivity index (χ3n) is 6.63. The lowest BCUT2D eigenvalue weighted by atomic mass is 9.77. The lowest BCUT2D eigenvalue weighted by Gasteiger charge is -2.32. The van der Waals surface area contributed by atoms with Gasteiger partial charge >= 0.3 is 13.7 Å². The van der Waals surface area contributed by atoms with Crippen LogP contribution in [0.1, 0.15) is 43.6 Å². The van der Waals surface area contributed by atoms with Crippen molar-refractivity contribution in [1.82, 2.24) is 9.78 Å². The van der Waals surface area contributed by atoms with Crippen LogP contribution in [0.4, 0.5) is 8.78 Å². The van der Waals surface area contributed by atoms with E-state index in [2.05, 4.69) is 15.9 Å². The summed E-state index contributed by atoms with van der Waals surface area (Å²) in [5.41, 5.74) is 6.03. The number of primary amides is 1. The molecular weight excluding hydrogens is 473 g/mol. The number of aryl methyl sites for hydroxylation is 1. The second-order valence-electron chi connectivity index (χ2n) is 9.43. The highest BCUT2D eigenvalue weighted by molar-refractivity contribution is 6.62. The molecular formula is C24H25BF2N4O5. The van der Waals surface area contributed by atoms with E-state index < -0.39 is 36.6 Å². The van der Waals surface area contributed by atoms with E-state index in [9.17, 15) is 18.8 Å². The number of fused-ring (bicyclic) bond motifs is 1. The van der Waals surface area contributed by atoms with E-state index in [1.54, 1.807) is 19.2 Å². The van der Waals surface area contributed by atoms with Crippen molar-refractivity contribution < 1.29 is 32.4 Å². The van der Waals surface area contributed by atoms with Gasteiger partial charge in [-0.15, -0.1) is 0 Å². The molecule has 1 aromatic heterocycles. The second kappa shape index (κ2) is 8.76. The molecule has 2 heterocycles. The van der Waals surface area contributed by atoms with Gasteiger partial charge in [-0.2, -0.15) is 19.1 Å². The average Bonchev–Trinajstić information content (AvgIpc) is 3.22. The molecule has 4 rings (SSSR count). The monoisotopic (exact) mass is 498 g/mol. The summed E-state index contributed by atoms with van der Waals surface area (Å²) >= 11 is 0. The zero-order valence-electron chi connectivity index (χ0n) is 20.7. The number of hydrogen-bond acceptors (Lipinski definition) is 7. The molecule has 0 bridgehead atoms. The van der Waals surface area contributed by atoms with Crippen LogP contribution in [0.25, 0.3) is 22.2 Å². The molecule has 3 aromatic rings. The minimum Gasteiger partial charge on any atom is -0.496 e. The number of hydrogen-bond donors (Lipinski definition) is 1. The molecule has 2 aromatic carbocycles. The Bertz CT molecular complexity index is 1400. The third-order valence-corrected chi connectivity index (χ3v) is 6.63. The van der Waals surface area contributed by atoms with Gasteiger partial charge in [-0.1, -0.05) is 0 Å². The normalized spacial score (nSPS) is 16.4. The number of nitrogens with zero attached hydrogens (tertiary/aromatic N) is 3. The molecule has 188 valence electrons. The van der Waals surface area contributed by atoms with E-state index in [1.165, 1.54) is 23.9 Å². The van der Waals surface area contributed by atoms with Gasteiger partial charge < -0.3 is 24.5 Å². The summed E-state index contributed by atoms with van der Waals surface area (Å²) in [4.78, 5) is 11.9.